The lowest BCUT2D eigenvalue weighted by Gasteiger charge is -2.32. The summed E-state index contributed by atoms with van der Waals surface area (Å²) in [6.45, 7) is 4.73. The molecule has 0 aromatic carbocycles. The molecule has 2 rings (SSSR count). The molecule has 1 saturated heterocycles. The van der Waals surface area contributed by atoms with E-state index >= 15 is 0 Å². The third kappa shape index (κ3) is 3.75. The normalized spacial score (nSPS) is 19.7. The van der Waals surface area contributed by atoms with Crippen LogP contribution < -0.4 is 5.73 Å². The van der Waals surface area contributed by atoms with E-state index in [1.807, 2.05) is 17.2 Å². The highest BCUT2D eigenvalue weighted by Gasteiger charge is 2.25. The minimum absolute atomic E-state index is 0.0175. The van der Waals surface area contributed by atoms with Crippen LogP contribution in [0.2, 0.25) is 0 Å². The van der Waals surface area contributed by atoms with Crippen molar-refractivity contribution in [3.05, 3.63) is 16.1 Å². The predicted molar refractivity (Wildman–Crippen MR) is 75.4 cm³/mol. The van der Waals surface area contributed by atoms with Gasteiger partial charge in [-0.25, -0.2) is 4.98 Å². The first-order valence-electron chi connectivity index (χ1n) is 6.80. The molecule has 1 atom stereocenters. The Kier molecular flexibility index (Phi) is 5.30. The first-order valence-corrected chi connectivity index (χ1v) is 7.68. The van der Waals surface area contributed by atoms with Crippen molar-refractivity contribution in [2.45, 2.75) is 32.3 Å². The van der Waals surface area contributed by atoms with Crippen molar-refractivity contribution in [1.29, 1.82) is 0 Å². The number of piperidine rings is 1. The van der Waals surface area contributed by atoms with Crippen LogP contribution >= 0.6 is 11.3 Å². The Morgan fingerprint density at radius 2 is 2.53 bits per heavy atom. The zero-order valence-electron chi connectivity index (χ0n) is 11.3. The molecule has 2 heterocycles. The van der Waals surface area contributed by atoms with Crippen molar-refractivity contribution in [3.63, 3.8) is 0 Å². The zero-order valence-corrected chi connectivity index (χ0v) is 12.1. The lowest BCUT2D eigenvalue weighted by molar-refractivity contribution is 0.00706. The topological polar surface area (TPSA) is 68.5 Å². The highest BCUT2D eigenvalue weighted by molar-refractivity contribution is 7.09. The highest BCUT2D eigenvalue weighted by Crippen LogP contribution is 2.17. The summed E-state index contributed by atoms with van der Waals surface area (Å²) < 4.78 is 5.61. The van der Waals surface area contributed by atoms with Crippen LogP contribution in [0.15, 0.2) is 5.38 Å². The molecule has 0 radical (unpaired) electrons. The van der Waals surface area contributed by atoms with Gasteiger partial charge in [0.05, 0.1) is 11.1 Å². The minimum Gasteiger partial charge on any atom is -0.377 e. The molecule has 1 aliphatic rings. The van der Waals surface area contributed by atoms with Gasteiger partial charge in [0.25, 0.3) is 5.91 Å². The van der Waals surface area contributed by atoms with Crippen LogP contribution in [0.5, 0.6) is 0 Å². The second-order valence-electron chi connectivity index (χ2n) is 4.64. The number of carbonyl (C=O) groups is 1. The number of rotatable bonds is 5. The highest BCUT2D eigenvalue weighted by atomic mass is 32.1. The Morgan fingerprint density at radius 1 is 1.68 bits per heavy atom. The monoisotopic (exact) mass is 283 g/mol. The molecule has 19 heavy (non-hydrogen) atoms. The van der Waals surface area contributed by atoms with Gasteiger partial charge in [0, 0.05) is 31.5 Å². The number of nitrogens with two attached hydrogens (primary N) is 1. The maximum Gasteiger partial charge on any atom is 0.273 e. The largest absolute Gasteiger partial charge is 0.377 e. The number of hydrogen-bond donors (Lipinski definition) is 1. The average molecular weight is 283 g/mol. The number of amides is 1. The molecule has 6 heteroatoms. The smallest absolute Gasteiger partial charge is 0.273 e. The van der Waals surface area contributed by atoms with Gasteiger partial charge in [0.2, 0.25) is 0 Å². The third-order valence-electron chi connectivity index (χ3n) is 3.20. The van der Waals surface area contributed by atoms with Gasteiger partial charge in [-0.3, -0.25) is 4.79 Å². The van der Waals surface area contributed by atoms with Gasteiger partial charge in [-0.05, 0) is 26.3 Å². The first-order chi connectivity index (χ1) is 9.24. The van der Waals surface area contributed by atoms with Crippen LogP contribution in [-0.2, 0) is 11.2 Å². The lowest BCUT2D eigenvalue weighted by Crippen LogP contribution is -2.43. The Labute approximate surface area is 117 Å². The summed E-state index contributed by atoms with van der Waals surface area (Å²) in [7, 11) is 0. The molecule has 0 spiro atoms. The van der Waals surface area contributed by atoms with Gasteiger partial charge >= 0.3 is 0 Å². The number of thiazole rings is 1. The second-order valence-corrected chi connectivity index (χ2v) is 5.58. The molecule has 2 N–H and O–H groups in total. The van der Waals surface area contributed by atoms with Gasteiger partial charge < -0.3 is 15.4 Å². The van der Waals surface area contributed by atoms with Crippen LogP contribution in [0.4, 0.5) is 0 Å². The predicted octanol–water partition coefficient (Wildman–Crippen LogP) is 1.29. The van der Waals surface area contributed by atoms with Crippen molar-refractivity contribution in [2.75, 3.05) is 26.2 Å². The standard InChI is InChI=1S/C13H21N3O2S/c1-2-18-10-4-3-7-16(8-10)13(17)11-9-19-12(15-11)5-6-14/h9-10H,2-8,14H2,1H3. The zero-order chi connectivity index (χ0) is 13.7. The van der Waals surface area contributed by atoms with E-state index in [2.05, 4.69) is 4.98 Å². The lowest BCUT2D eigenvalue weighted by atomic mass is 10.1. The molecule has 1 aliphatic heterocycles. The number of likely N-dealkylation sites (tertiary alicyclic amines) is 1. The molecular weight excluding hydrogens is 262 g/mol. The summed E-state index contributed by atoms with van der Waals surface area (Å²) >= 11 is 1.51. The summed E-state index contributed by atoms with van der Waals surface area (Å²) in [4.78, 5) is 18.6. The van der Waals surface area contributed by atoms with Crippen LogP contribution in [0, 0.1) is 0 Å². The van der Waals surface area contributed by atoms with Crippen molar-refractivity contribution < 1.29 is 9.53 Å². The Bertz CT molecular complexity index is 420. The van der Waals surface area contributed by atoms with Gasteiger partial charge in [-0.1, -0.05) is 0 Å². The fourth-order valence-corrected chi connectivity index (χ4v) is 3.09. The summed E-state index contributed by atoms with van der Waals surface area (Å²) in [5.74, 6) is 0.0175. The molecule has 5 nitrogen and oxygen atoms in total. The van der Waals surface area contributed by atoms with Gasteiger partial charge in [-0.15, -0.1) is 11.3 Å². The molecule has 0 saturated carbocycles. The van der Waals surface area contributed by atoms with Crippen molar-refractivity contribution in [3.8, 4) is 0 Å². The quantitative estimate of drug-likeness (QED) is 0.884. The minimum atomic E-state index is 0.0175. The van der Waals surface area contributed by atoms with Gasteiger partial charge in [-0.2, -0.15) is 0 Å². The van der Waals surface area contributed by atoms with E-state index in [-0.39, 0.29) is 12.0 Å². The van der Waals surface area contributed by atoms with Crippen LogP contribution in [-0.4, -0.2) is 48.1 Å². The number of hydrogen-bond acceptors (Lipinski definition) is 5. The summed E-state index contributed by atoms with van der Waals surface area (Å²) in [6.07, 6.45) is 2.94. The molecule has 106 valence electrons. The van der Waals surface area contributed by atoms with E-state index in [0.29, 0.717) is 25.4 Å². The van der Waals surface area contributed by atoms with E-state index in [9.17, 15) is 4.79 Å². The van der Waals surface area contributed by atoms with Crippen LogP contribution in [0.3, 0.4) is 0 Å². The Balaban J connectivity index is 1.97. The molecular formula is C13H21N3O2S. The fourth-order valence-electron chi connectivity index (χ4n) is 2.30. The fraction of sp³-hybridized carbons (Fsp3) is 0.692. The van der Waals surface area contributed by atoms with Gasteiger partial charge in [0.1, 0.15) is 5.69 Å². The van der Waals surface area contributed by atoms with E-state index in [4.69, 9.17) is 10.5 Å². The van der Waals surface area contributed by atoms with Crippen molar-refractivity contribution in [1.82, 2.24) is 9.88 Å². The number of nitrogens with zero attached hydrogens (tertiary/aromatic N) is 2. The SMILES string of the molecule is CCOC1CCCN(C(=O)c2csc(CCN)n2)C1. The van der Waals surface area contributed by atoms with E-state index in [0.717, 1.165) is 30.8 Å². The summed E-state index contributed by atoms with van der Waals surface area (Å²) in [5.41, 5.74) is 6.04. The van der Waals surface area contributed by atoms with Crippen molar-refractivity contribution >= 4 is 17.2 Å². The maximum absolute atomic E-state index is 12.4. The Hall–Kier alpha value is -0.980. The molecule has 1 unspecified atom stereocenters. The summed E-state index contributed by atoms with van der Waals surface area (Å²) in [6, 6.07) is 0. The summed E-state index contributed by atoms with van der Waals surface area (Å²) in [5, 5.41) is 2.77. The van der Waals surface area contributed by atoms with Crippen molar-refractivity contribution in [2.24, 2.45) is 5.73 Å². The van der Waals surface area contributed by atoms with E-state index in [1.54, 1.807) is 0 Å². The van der Waals surface area contributed by atoms with Gasteiger partial charge in [0.15, 0.2) is 0 Å². The number of aromatic nitrogens is 1. The number of ether oxygens (including phenoxy) is 1. The maximum atomic E-state index is 12.4. The van der Waals surface area contributed by atoms with Crippen LogP contribution in [0.25, 0.3) is 0 Å². The number of carbonyl (C=O) groups excluding carboxylic acids is 1. The van der Waals surface area contributed by atoms with E-state index < -0.39 is 0 Å². The van der Waals surface area contributed by atoms with Crippen LogP contribution in [0.1, 0.15) is 35.3 Å². The first kappa shape index (κ1) is 14.4. The molecule has 1 aromatic heterocycles. The molecule has 1 amide bonds. The average Bonchev–Trinajstić information content (AvgIpc) is 2.88. The molecule has 0 bridgehead atoms. The molecule has 1 fully saturated rings. The molecule has 1 aromatic rings. The second kappa shape index (κ2) is 6.98. The molecule has 0 aliphatic carbocycles. The van der Waals surface area contributed by atoms with E-state index in [1.165, 1.54) is 11.3 Å². The third-order valence-corrected chi connectivity index (χ3v) is 4.11. The Morgan fingerprint density at radius 3 is 3.26 bits per heavy atom.